The number of rotatable bonds is 6. The van der Waals surface area contributed by atoms with Gasteiger partial charge in [-0.1, -0.05) is 30.3 Å². The number of nitrogens with one attached hydrogen (secondary N) is 1. The maximum Gasteiger partial charge on any atom is 0.269 e. The van der Waals surface area contributed by atoms with E-state index >= 15 is 0 Å². The lowest BCUT2D eigenvalue weighted by atomic mass is 9.93. The average Bonchev–Trinajstić information content (AvgIpc) is 2.90. The van der Waals surface area contributed by atoms with Gasteiger partial charge in [0, 0.05) is 25.7 Å². The summed E-state index contributed by atoms with van der Waals surface area (Å²) in [6.07, 6.45) is 1.79. The fraction of sp³-hybridized carbons (Fsp3) is 0.375. The molecule has 0 fully saturated rings. The van der Waals surface area contributed by atoms with E-state index in [2.05, 4.69) is 10.4 Å². The normalized spacial score (nSPS) is 13.7. The smallest absolute Gasteiger partial charge is 0.269 e. The lowest BCUT2D eigenvalue weighted by molar-refractivity contribution is 0.0936. The predicted molar refractivity (Wildman–Crippen MR) is 81.0 cm³/mol. The van der Waals surface area contributed by atoms with Crippen molar-refractivity contribution in [3.8, 4) is 0 Å². The van der Waals surface area contributed by atoms with Crippen molar-refractivity contribution in [3.63, 3.8) is 0 Å². The van der Waals surface area contributed by atoms with E-state index in [1.54, 1.807) is 30.9 Å². The number of hydrogen-bond donors (Lipinski definition) is 2. The second-order valence-corrected chi connectivity index (χ2v) is 5.24. The number of benzene rings is 1. The minimum Gasteiger partial charge on any atom is -0.393 e. The van der Waals surface area contributed by atoms with Crippen LogP contribution in [0.25, 0.3) is 0 Å². The van der Waals surface area contributed by atoms with Crippen molar-refractivity contribution in [1.29, 1.82) is 0 Å². The Morgan fingerprint density at radius 1 is 1.33 bits per heavy atom. The molecule has 1 aromatic carbocycles. The van der Waals surface area contributed by atoms with Gasteiger partial charge < -0.3 is 10.4 Å². The van der Waals surface area contributed by atoms with Crippen LogP contribution >= 0.6 is 0 Å². The number of aliphatic hydroxyl groups is 1. The zero-order valence-corrected chi connectivity index (χ0v) is 12.4. The summed E-state index contributed by atoms with van der Waals surface area (Å²) >= 11 is 0. The topological polar surface area (TPSA) is 67.2 Å². The van der Waals surface area contributed by atoms with Crippen molar-refractivity contribution in [2.45, 2.75) is 25.4 Å². The fourth-order valence-corrected chi connectivity index (χ4v) is 2.38. The van der Waals surface area contributed by atoms with Gasteiger partial charge in [0.25, 0.3) is 5.91 Å². The molecule has 0 spiro atoms. The van der Waals surface area contributed by atoms with Crippen molar-refractivity contribution in [2.75, 3.05) is 6.54 Å². The summed E-state index contributed by atoms with van der Waals surface area (Å²) in [5.74, 6) is -0.0649. The maximum atomic E-state index is 12.1. The molecule has 2 atom stereocenters. The number of hydrogen-bond acceptors (Lipinski definition) is 3. The summed E-state index contributed by atoms with van der Waals surface area (Å²) in [4.78, 5) is 12.1. The Bertz CT molecular complexity index is 578. The van der Waals surface area contributed by atoms with Crippen LogP contribution in [0.5, 0.6) is 0 Å². The standard InChI is InChI=1S/C16H21N3O2/c1-12(20)10-14(13-6-4-3-5-7-13)11-17-16(21)15-8-9-18-19(15)2/h3-9,12,14,20H,10-11H2,1-2H3,(H,17,21). The summed E-state index contributed by atoms with van der Waals surface area (Å²) in [5.41, 5.74) is 1.64. The molecule has 0 aliphatic heterocycles. The summed E-state index contributed by atoms with van der Waals surface area (Å²) in [6.45, 7) is 2.25. The molecule has 1 heterocycles. The molecule has 0 radical (unpaired) electrons. The first kappa shape index (κ1) is 15.3. The predicted octanol–water partition coefficient (Wildman–Crippen LogP) is 1.70. The first-order valence-corrected chi connectivity index (χ1v) is 7.07. The molecule has 21 heavy (non-hydrogen) atoms. The minimum absolute atomic E-state index is 0.0865. The number of amides is 1. The van der Waals surface area contributed by atoms with Gasteiger partial charge in [-0.15, -0.1) is 0 Å². The average molecular weight is 287 g/mol. The molecule has 1 amide bonds. The van der Waals surface area contributed by atoms with Crippen LogP contribution < -0.4 is 5.32 Å². The number of carbonyl (C=O) groups excluding carboxylic acids is 1. The van der Waals surface area contributed by atoms with Crippen LogP contribution in [0.4, 0.5) is 0 Å². The highest BCUT2D eigenvalue weighted by Gasteiger charge is 2.17. The zero-order chi connectivity index (χ0) is 15.2. The molecule has 2 rings (SSSR count). The molecule has 0 saturated heterocycles. The Kier molecular flexibility index (Phi) is 5.11. The Balaban J connectivity index is 2.03. The summed E-state index contributed by atoms with van der Waals surface area (Å²) in [5, 5.41) is 16.6. The molecule has 2 unspecified atom stereocenters. The lowest BCUT2D eigenvalue weighted by Gasteiger charge is -2.19. The van der Waals surface area contributed by atoms with E-state index in [0.29, 0.717) is 18.7 Å². The van der Waals surface area contributed by atoms with Gasteiger partial charge in [-0.25, -0.2) is 0 Å². The number of carbonyl (C=O) groups is 1. The van der Waals surface area contributed by atoms with E-state index in [-0.39, 0.29) is 11.8 Å². The number of aryl methyl sites for hydroxylation is 1. The van der Waals surface area contributed by atoms with Crippen LogP contribution in [0.1, 0.15) is 35.3 Å². The SMILES string of the molecule is CC(O)CC(CNC(=O)c1ccnn1C)c1ccccc1. The summed E-state index contributed by atoms with van der Waals surface area (Å²) in [6, 6.07) is 11.6. The van der Waals surface area contributed by atoms with Crippen molar-refractivity contribution in [3.05, 3.63) is 53.9 Å². The second-order valence-electron chi connectivity index (χ2n) is 5.24. The Morgan fingerprint density at radius 3 is 2.62 bits per heavy atom. The highest BCUT2D eigenvalue weighted by atomic mass is 16.3. The Hall–Kier alpha value is -2.14. The molecule has 1 aromatic heterocycles. The summed E-state index contributed by atoms with van der Waals surface area (Å²) < 4.78 is 1.54. The number of aromatic nitrogens is 2. The van der Waals surface area contributed by atoms with Crippen LogP contribution in [0.15, 0.2) is 42.6 Å². The highest BCUT2D eigenvalue weighted by molar-refractivity contribution is 5.92. The second kappa shape index (κ2) is 7.04. The molecule has 0 saturated carbocycles. The molecule has 0 bridgehead atoms. The quantitative estimate of drug-likeness (QED) is 0.850. The fourth-order valence-electron chi connectivity index (χ4n) is 2.38. The van der Waals surface area contributed by atoms with Gasteiger partial charge in [0.15, 0.2) is 0 Å². The van der Waals surface area contributed by atoms with Crippen LogP contribution in [-0.4, -0.2) is 33.4 Å². The van der Waals surface area contributed by atoms with Gasteiger partial charge >= 0.3 is 0 Å². The summed E-state index contributed by atoms with van der Waals surface area (Å²) in [7, 11) is 1.74. The van der Waals surface area contributed by atoms with Crippen LogP contribution in [0.2, 0.25) is 0 Å². The molecule has 2 N–H and O–H groups in total. The molecule has 2 aromatic rings. The van der Waals surface area contributed by atoms with Crippen molar-refractivity contribution in [1.82, 2.24) is 15.1 Å². The van der Waals surface area contributed by atoms with Crippen molar-refractivity contribution >= 4 is 5.91 Å². The van der Waals surface area contributed by atoms with Crippen LogP contribution in [0, 0.1) is 0 Å². The van der Waals surface area contributed by atoms with E-state index < -0.39 is 6.10 Å². The third-order valence-corrected chi connectivity index (χ3v) is 3.46. The molecule has 5 nitrogen and oxygen atoms in total. The molecule has 0 aliphatic carbocycles. The Morgan fingerprint density at radius 2 is 2.05 bits per heavy atom. The largest absolute Gasteiger partial charge is 0.393 e. The Labute approximate surface area is 124 Å². The third-order valence-electron chi connectivity index (χ3n) is 3.46. The molecular formula is C16H21N3O2. The third kappa shape index (κ3) is 4.16. The highest BCUT2D eigenvalue weighted by Crippen LogP contribution is 2.20. The van der Waals surface area contributed by atoms with E-state index in [9.17, 15) is 9.90 Å². The van der Waals surface area contributed by atoms with Gasteiger partial charge in [0.2, 0.25) is 0 Å². The number of nitrogens with zero attached hydrogens (tertiary/aromatic N) is 2. The zero-order valence-electron chi connectivity index (χ0n) is 12.4. The van der Waals surface area contributed by atoms with E-state index in [1.807, 2.05) is 30.3 Å². The molecular weight excluding hydrogens is 266 g/mol. The van der Waals surface area contributed by atoms with E-state index in [1.165, 1.54) is 0 Å². The first-order chi connectivity index (χ1) is 10.1. The van der Waals surface area contributed by atoms with E-state index in [4.69, 9.17) is 0 Å². The van der Waals surface area contributed by atoms with Crippen LogP contribution in [0.3, 0.4) is 0 Å². The minimum atomic E-state index is -0.413. The van der Waals surface area contributed by atoms with Gasteiger partial charge in [0.1, 0.15) is 5.69 Å². The number of aliphatic hydroxyl groups excluding tert-OH is 1. The van der Waals surface area contributed by atoms with Gasteiger partial charge in [-0.3, -0.25) is 9.48 Å². The van der Waals surface area contributed by atoms with Crippen LogP contribution in [-0.2, 0) is 7.05 Å². The molecule has 112 valence electrons. The lowest BCUT2D eigenvalue weighted by Crippen LogP contribution is -2.31. The van der Waals surface area contributed by atoms with Crippen molar-refractivity contribution < 1.29 is 9.90 Å². The van der Waals surface area contributed by atoms with E-state index in [0.717, 1.165) is 5.56 Å². The van der Waals surface area contributed by atoms with Gasteiger partial charge in [0.05, 0.1) is 6.10 Å². The van der Waals surface area contributed by atoms with Gasteiger partial charge in [-0.05, 0) is 25.0 Å². The first-order valence-electron chi connectivity index (χ1n) is 7.07. The monoisotopic (exact) mass is 287 g/mol. The molecule has 5 heteroatoms. The van der Waals surface area contributed by atoms with Gasteiger partial charge in [-0.2, -0.15) is 5.10 Å². The maximum absolute atomic E-state index is 12.1. The molecule has 0 aliphatic rings. The van der Waals surface area contributed by atoms with Crippen molar-refractivity contribution in [2.24, 2.45) is 7.05 Å².